The molecule has 2 rings (SSSR count). The van der Waals surface area contributed by atoms with Crippen molar-refractivity contribution < 1.29 is 9.90 Å². The van der Waals surface area contributed by atoms with Crippen LogP contribution in [-0.4, -0.2) is 15.8 Å². The Hall–Kier alpha value is -2.05. The summed E-state index contributed by atoms with van der Waals surface area (Å²) in [4.78, 5) is 10.6. The first-order valence-electron chi connectivity index (χ1n) is 6.20. The van der Waals surface area contributed by atoms with E-state index in [0.717, 1.165) is 17.0 Å². The predicted octanol–water partition coefficient (Wildman–Crippen LogP) is 1.28. The summed E-state index contributed by atoms with van der Waals surface area (Å²) in [7, 11) is 0. The fourth-order valence-electron chi connectivity index (χ4n) is 1.99. The summed E-state index contributed by atoms with van der Waals surface area (Å²) < 4.78 is 1.68. The van der Waals surface area contributed by atoms with E-state index in [9.17, 15) is 9.90 Å². The Kier molecular flexibility index (Phi) is 4.82. The van der Waals surface area contributed by atoms with E-state index in [1.165, 1.54) is 0 Å². The molecule has 0 radical (unpaired) electrons. The topological polar surface area (TPSA) is 83.1 Å². The van der Waals surface area contributed by atoms with E-state index in [1.807, 2.05) is 24.3 Å². The number of carbonyl (C=O) groups excluding carboxylic acids is 1. The van der Waals surface area contributed by atoms with Crippen LogP contribution >= 0.6 is 23.8 Å². The van der Waals surface area contributed by atoms with Crippen LogP contribution in [0.25, 0.3) is 11.3 Å². The molecule has 0 saturated carbocycles. The lowest BCUT2D eigenvalue weighted by Crippen LogP contribution is -2.30. The Bertz CT molecular complexity index is 667. The van der Waals surface area contributed by atoms with Gasteiger partial charge in [-0.1, -0.05) is 23.7 Å². The highest BCUT2D eigenvalue weighted by atomic mass is 35.5. The van der Waals surface area contributed by atoms with Gasteiger partial charge in [0.15, 0.2) is 5.11 Å². The largest absolute Gasteiger partial charge is 0.550 e. The number of carboxylic acid groups (broad SMARTS) is 1. The second kappa shape index (κ2) is 6.60. The van der Waals surface area contributed by atoms with Crippen LogP contribution < -0.4 is 16.3 Å². The number of rotatable bonds is 5. The van der Waals surface area contributed by atoms with Gasteiger partial charge in [0.2, 0.25) is 0 Å². The van der Waals surface area contributed by atoms with Crippen molar-refractivity contribution in [3.05, 3.63) is 47.1 Å². The monoisotopic (exact) mass is 322 g/mol. The van der Waals surface area contributed by atoms with E-state index < -0.39 is 5.97 Å². The summed E-state index contributed by atoms with van der Waals surface area (Å²) in [5.74, 6) is -1.11. The van der Waals surface area contributed by atoms with Gasteiger partial charge in [-0.3, -0.25) is 10.1 Å². The molecule has 0 aliphatic heterocycles. The molecule has 0 saturated heterocycles. The number of carboxylic acids is 1. The molecular formula is C14H13ClN3O2S-. The Morgan fingerprint density at radius 3 is 2.52 bits per heavy atom. The minimum atomic E-state index is -1.11. The Labute approximate surface area is 132 Å². The second-order valence-corrected chi connectivity index (χ2v) is 5.28. The molecule has 0 aliphatic carbocycles. The average molecular weight is 323 g/mol. The summed E-state index contributed by atoms with van der Waals surface area (Å²) in [6.07, 6.45) is 0.231. The van der Waals surface area contributed by atoms with Gasteiger partial charge in [-0.2, -0.15) is 0 Å². The number of aromatic nitrogens is 1. The van der Waals surface area contributed by atoms with Crippen molar-refractivity contribution in [2.45, 2.75) is 12.8 Å². The molecule has 1 heterocycles. The first-order valence-corrected chi connectivity index (χ1v) is 6.99. The van der Waals surface area contributed by atoms with Gasteiger partial charge in [-0.25, -0.2) is 0 Å². The van der Waals surface area contributed by atoms with Crippen molar-refractivity contribution in [1.29, 1.82) is 0 Å². The third kappa shape index (κ3) is 3.96. The summed E-state index contributed by atoms with van der Waals surface area (Å²) >= 11 is 10.7. The van der Waals surface area contributed by atoms with E-state index in [-0.39, 0.29) is 11.5 Å². The molecule has 5 nitrogen and oxygen atoms in total. The summed E-state index contributed by atoms with van der Waals surface area (Å²) in [6.45, 7) is 0. The third-order valence-electron chi connectivity index (χ3n) is 2.91. The molecule has 0 amide bonds. The number of halogens is 1. The van der Waals surface area contributed by atoms with Crippen molar-refractivity contribution in [1.82, 2.24) is 4.68 Å². The number of hydrogen-bond donors (Lipinski definition) is 2. The molecule has 0 spiro atoms. The van der Waals surface area contributed by atoms with Gasteiger partial charge in [-0.15, -0.1) is 0 Å². The molecule has 0 atom stereocenters. The molecule has 3 N–H and O–H groups in total. The molecule has 0 aliphatic rings. The molecule has 0 bridgehead atoms. The van der Waals surface area contributed by atoms with Gasteiger partial charge in [-0.05, 0) is 49.3 Å². The van der Waals surface area contributed by atoms with Crippen molar-refractivity contribution in [2.75, 3.05) is 5.43 Å². The van der Waals surface area contributed by atoms with Crippen molar-refractivity contribution >= 4 is 34.9 Å². The fraction of sp³-hybridized carbons (Fsp3) is 0.143. The van der Waals surface area contributed by atoms with E-state index in [4.69, 9.17) is 29.6 Å². The first-order chi connectivity index (χ1) is 9.97. The molecule has 1 aromatic heterocycles. The standard InChI is InChI=1S/C14H14ClN3O2S/c15-10-3-1-9(2-4-10)12-7-5-11(6-8-13(19)20)18(12)17-14(16)21/h1-5,7H,6,8H2,(H,19,20)(H3,16,17,21)/p-1. The van der Waals surface area contributed by atoms with E-state index in [0.29, 0.717) is 11.4 Å². The van der Waals surface area contributed by atoms with Crippen molar-refractivity contribution in [2.24, 2.45) is 5.73 Å². The van der Waals surface area contributed by atoms with Gasteiger partial charge in [0.25, 0.3) is 0 Å². The van der Waals surface area contributed by atoms with Crippen LogP contribution in [0, 0.1) is 0 Å². The summed E-state index contributed by atoms with van der Waals surface area (Å²) in [5, 5.41) is 11.3. The first kappa shape index (κ1) is 15.3. The number of benzene rings is 1. The Morgan fingerprint density at radius 2 is 1.95 bits per heavy atom. The van der Waals surface area contributed by atoms with Crippen LogP contribution in [0.5, 0.6) is 0 Å². The number of aryl methyl sites for hydroxylation is 1. The average Bonchev–Trinajstić information content (AvgIpc) is 2.79. The third-order valence-corrected chi connectivity index (χ3v) is 3.25. The summed E-state index contributed by atoms with van der Waals surface area (Å²) in [5.41, 5.74) is 10.8. The number of nitrogens with one attached hydrogen (secondary N) is 1. The van der Waals surface area contributed by atoms with Crippen molar-refractivity contribution in [3.63, 3.8) is 0 Å². The lowest BCUT2D eigenvalue weighted by molar-refractivity contribution is -0.305. The number of nitrogens with zero attached hydrogens (tertiary/aromatic N) is 1. The number of aliphatic carboxylic acids is 1. The lowest BCUT2D eigenvalue weighted by atomic mass is 10.2. The van der Waals surface area contributed by atoms with Gasteiger partial charge in [0.05, 0.1) is 5.69 Å². The highest BCUT2D eigenvalue weighted by molar-refractivity contribution is 7.80. The quantitative estimate of drug-likeness (QED) is 0.810. The van der Waals surface area contributed by atoms with E-state index in [1.54, 1.807) is 16.8 Å². The van der Waals surface area contributed by atoms with Gasteiger partial charge >= 0.3 is 0 Å². The van der Waals surface area contributed by atoms with Crippen molar-refractivity contribution in [3.8, 4) is 11.3 Å². The minimum Gasteiger partial charge on any atom is -0.550 e. The number of thiocarbonyl (C=S) groups is 1. The SMILES string of the molecule is NC(=S)Nn1c(CCC(=O)[O-])ccc1-c1ccc(Cl)cc1. The zero-order valence-electron chi connectivity index (χ0n) is 11.0. The van der Waals surface area contributed by atoms with Gasteiger partial charge in [0, 0.05) is 22.2 Å². The molecule has 110 valence electrons. The van der Waals surface area contributed by atoms with Crippen LogP contribution in [0.4, 0.5) is 0 Å². The maximum Gasteiger partial charge on any atom is 0.183 e. The number of nitrogens with two attached hydrogens (primary N) is 1. The summed E-state index contributed by atoms with van der Waals surface area (Å²) in [6, 6.07) is 10.9. The molecule has 7 heteroatoms. The zero-order chi connectivity index (χ0) is 15.4. The van der Waals surface area contributed by atoms with Gasteiger partial charge < -0.3 is 15.6 Å². The minimum absolute atomic E-state index is 0.0803. The maximum atomic E-state index is 10.6. The highest BCUT2D eigenvalue weighted by Gasteiger charge is 2.10. The molecule has 2 aromatic rings. The lowest BCUT2D eigenvalue weighted by Gasteiger charge is -2.15. The van der Waals surface area contributed by atoms with E-state index in [2.05, 4.69) is 5.43 Å². The van der Waals surface area contributed by atoms with Crippen LogP contribution in [-0.2, 0) is 11.2 Å². The normalized spacial score (nSPS) is 10.3. The predicted molar refractivity (Wildman–Crippen MR) is 84.4 cm³/mol. The van der Waals surface area contributed by atoms with E-state index >= 15 is 0 Å². The smallest absolute Gasteiger partial charge is 0.183 e. The molecule has 0 unspecified atom stereocenters. The van der Waals surface area contributed by atoms with Crippen LogP contribution in [0.2, 0.25) is 5.02 Å². The zero-order valence-corrected chi connectivity index (χ0v) is 12.6. The Balaban J connectivity index is 2.38. The molecular weight excluding hydrogens is 310 g/mol. The Morgan fingerprint density at radius 1 is 1.29 bits per heavy atom. The second-order valence-electron chi connectivity index (χ2n) is 4.40. The molecule has 1 aromatic carbocycles. The molecule has 21 heavy (non-hydrogen) atoms. The van der Waals surface area contributed by atoms with Gasteiger partial charge in [0.1, 0.15) is 0 Å². The van der Waals surface area contributed by atoms with Crippen LogP contribution in [0.15, 0.2) is 36.4 Å². The maximum absolute atomic E-state index is 10.6. The fourth-order valence-corrected chi connectivity index (χ4v) is 2.21. The van der Waals surface area contributed by atoms with Crippen LogP contribution in [0.3, 0.4) is 0 Å². The van der Waals surface area contributed by atoms with Crippen LogP contribution in [0.1, 0.15) is 12.1 Å². The molecule has 0 fully saturated rings. The highest BCUT2D eigenvalue weighted by Crippen LogP contribution is 2.24. The number of hydrogen-bond acceptors (Lipinski definition) is 3. The number of carbonyl (C=O) groups is 1.